The van der Waals surface area contributed by atoms with Crippen LogP contribution in [0.25, 0.3) is 21.8 Å². The zero-order chi connectivity index (χ0) is 25.9. The van der Waals surface area contributed by atoms with Crippen molar-refractivity contribution in [3.05, 3.63) is 40.3 Å². The Morgan fingerprint density at radius 3 is 2.68 bits per heavy atom. The van der Waals surface area contributed by atoms with Gasteiger partial charge in [0.2, 0.25) is 11.9 Å². The lowest BCUT2D eigenvalue weighted by Crippen LogP contribution is -2.43. The molecule has 9 nitrogen and oxygen atoms in total. The summed E-state index contributed by atoms with van der Waals surface area (Å²) in [6, 6.07) is 6.33. The van der Waals surface area contributed by atoms with Gasteiger partial charge in [0.15, 0.2) is 0 Å². The number of amides is 1. The van der Waals surface area contributed by atoms with Crippen molar-refractivity contribution in [1.82, 2.24) is 29.7 Å². The fraction of sp³-hybridized carbons (Fsp3) is 0.571. The molecule has 37 heavy (non-hydrogen) atoms. The number of benzene rings is 1. The second-order valence-corrected chi connectivity index (χ2v) is 10.7. The van der Waals surface area contributed by atoms with Crippen LogP contribution >= 0.6 is 0 Å². The second-order valence-electron chi connectivity index (χ2n) is 10.7. The molecule has 0 radical (unpaired) electrons. The Balaban J connectivity index is 1.56. The number of rotatable bonds is 8. The van der Waals surface area contributed by atoms with E-state index in [0.717, 1.165) is 93.1 Å². The molecule has 5 rings (SSSR count). The summed E-state index contributed by atoms with van der Waals surface area (Å²) in [6.07, 6.45) is 6.38. The van der Waals surface area contributed by atoms with E-state index in [1.54, 1.807) is 6.92 Å². The summed E-state index contributed by atoms with van der Waals surface area (Å²) >= 11 is 0. The fourth-order valence-electron chi connectivity index (χ4n) is 5.75. The van der Waals surface area contributed by atoms with Crippen molar-refractivity contribution in [2.45, 2.75) is 64.6 Å². The lowest BCUT2D eigenvalue weighted by atomic mass is 10.0. The molecule has 9 heteroatoms. The average molecular weight is 506 g/mol. The molecule has 2 aromatic heterocycles. The zero-order valence-corrected chi connectivity index (χ0v) is 22.3. The molecule has 1 saturated carbocycles. The number of fused-ring (bicyclic) bond motifs is 3. The van der Waals surface area contributed by atoms with Gasteiger partial charge >= 0.3 is 0 Å². The van der Waals surface area contributed by atoms with E-state index in [-0.39, 0.29) is 23.6 Å². The average Bonchev–Trinajstić information content (AvgIpc) is 3.33. The summed E-state index contributed by atoms with van der Waals surface area (Å²) < 4.78 is 1.88. The molecule has 3 aromatic rings. The highest BCUT2D eigenvalue weighted by Gasteiger charge is 2.29. The molecule has 2 aliphatic rings. The first-order valence-corrected chi connectivity index (χ1v) is 13.7. The maximum absolute atomic E-state index is 14.1. The van der Waals surface area contributed by atoms with Gasteiger partial charge in [-0.15, -0.1) is 0 Å². The summed E-state index contributed by atoms with van der Waals surface area (Å²) in [5.74, 6) is 0.524. The molecule has 2 atom stereocenters. The van der Waals surface area contributed by atoms with Gasteiger partial charge in [0.1, 0.15) is 5.65 Å². The van der Waals surface area contributed by atoms with Crippen molar-refractivity contribution in [1.29, 1.82) is 0 Å². The Kier molecular flexibility index (Phi) is 7.71. The number of likely N-dealkylation sites (N-methyl/N-ethyl adjacent to an activating group) is 1. The van der Waals surface area contributed by atoms with Crippen LogP contribution in [-0.2, 0) is 11.3 Å². The molecule has 0 bridgehead atoms. The van der Waals surface area contributed by atoms with E-state index in [2.05, 4.69) is 57.6 Å². The summed E-state index contributed by atoms with van der Waals surface area (Å²) in [5, 5.41) is 8.86. The maximum atomic E-state index is 14.1. The Hall–Kier alpha value is -3.04. The van der Waals surface area contributed by atoms with E-state index >= 15 is 0 Å². The highest BCUT2D eigenvalue weighted by molar-refractivity contribution is 6.04. The molecule has 3 heterocycles. The van der Waals surface area contributed by atoms with Crippen LogP contribution in [0, 0.1) is 0 Å². The van der Waals surface area contributed by atoms with Crippen LogP contribution in [0.4, 0.5) is 5.95 Å². The Morgan fingerprint density at radius 1 is 1.11 bits per heavy atom. The molecule has 1 unspecified atom stereocenters. The number of carbonyl (C=O) groups excluding carboxylic acids is 1. The maximum Gasteiger partial charge on any atom is 0.260 e. The first kappa shape index (κ1) is 25.6. The Labute approximate surface area is 218 Å². The molecule has 1 saturated heterocycles. The summed E-state index contributed by atoms with van der Waals surface area (Å²) in [7, 11) is 2.16. The number of carbonyl (C=O) groups is 1. The van der Waals surface area contributed by atoms with Crippen LogP contribution in [0.5, 0.6) is 0 Å². The molecule has 2 fully saturated rings. The molecular weight excluding hydrogens is 466 g/mol. The minimum absolute atomic E-state index is 0.00518. The first-order valence-electron chi connectivity index (χ1n) is 13.7. The van der Waals surface area contributed by atoms with Crippen LogP contribution in [-0.4, -0.2) is 76.1 Å². The molecule has 1 aromatic carbocycles. The van der Waals surface area contributed by atoms with Gasteiger partial charge in [0, 0.05) is 75.2 Å². The molecular formula is C28H39N7O2. The van der Waals surface area contributed by atoms with Gasteiger partial charge in [0.25, 0.3) is 5.56 Å². The number of nitrogens with zero attached hydrogens (tertiary/aromatic N) is 5. The zero-order valence-electron chi connectivity index (χ0n) is 22.3. The standard InChI is InChI=1S/C28H39N7O2/c1-4-5-10-29-28-30-17-25-23-9-6-20(18-34-13-11-33(3)12-14-34)15-24(23)27(37)35(26(25)32-28)22-8-7-21(16-22)31-19(2)36/h6,9,15,17,21-22H,4-5,7-8,10-14,16,18H2,1-3H3,(H,31,36)(H,29,30,32)/t21?,22-/m0/s1. The van der Waals surface area contributed by atoms with Gasteiger partial charge in [-0.25, -0.2) is 4.98 Å². The minimum atomic E-state index is -0.0281. The Morgan fingerprint density at radius 2 is 1.92 bits per heavy atom. The molecule has 198 valence electrons. The van der Waals surface area contributed by atoms with Crippen LogP contribution in [0.1, 0.15) is 57.6 Å². The number of piperazine rings is 1. The van der Waals surface area contributed by atoms with Gasteiger partial charge in [-0.1, -0.05) is 25.5 Å². The van der Waals surface area contributed by atoms with E-state index in [0.29, 0.717) is 11.6 Å². The lowest BCUT2D eigenvalue weighted by molar-refractivity contribution is -0.119. The third kappa shape index (κ3) is 5.62. The summed E-state index contributed by atoms with van der Waals surface area (Å²) in [6.45, 7) is 9.53. The van der Waals surface area contributed by atoms with Crippen LogP contribution < -0.4 is 16.2 Å². The van der Waals surface area contributed by atoms with E-state index in [4.69, 9.17) is 4.98 Å². The quantitative estimate of drug-likeness (QED) is 0.359. The fourth-order valence-corrected chi connectivity index (χ4v) is 5.75. The molecule has 1 amide bonds. The van der Waals surface area contributed by atoms with Crippen LogP contribution in [0.2, 0.25) is 0 Å². The molecule has 2 N–H and O–H groups in total. The third-order valence-corrected chi connectivity index (χ3v) is 7.81. The minimum Gasteiger partial charge on any atom is -0.354 e. The molecule has 1 aliphatic heterocycles. The van der Waals surface area contributed by atoms with Gasteiger partial charge in [-0.3, -0.25) is 19.1 Å². The SMILES string of the molecule is CCCCNc1ncc2c3ccc(CN4CCN(C)CC4)cc3c(=O)n([C@H]3CCC(NC(C)=O)C3)c2n1. The number of unbranched alkanes of at least 4 members (excludes halogenated alkanes) is 1. The van der Waals surface area contributed by atoms with Crippen molar-refractivity contribution in [2.75, 3.05) is 45.1 Å². The monoisotopic (exact) mass is 505 g/mol. The van der Waals surface area contributed by atoms with E-state index in [1.807, 2.05) is 10.8 Å². The van der Waals surface area contributed by atoms with E-state index in [9.17, 15) is 9.59 Å². The third-order valence-electron chi connectivity index (χ3n) is 7.81. The van der Waals surface area contributed by atoms with Crippen LogP contribution in [0.3, 0.4) is 0 Å². The van der Waals surface area contributed by atoms with E-state index in [1.165, 1.54) is 0 Å². The lowest BCUT2D eigenvalue weighted by Gasteiger charge is -2.32. The van der Waals surface area contributed by atoms with Gasteiger partial charge < -0.3 is 15.5 Å². The number of nitrogens with one attached hydrogen (secondary N) is 2. The van der Waals surface area contributed by atoms with Crippen LogP contribution in [0.15, 0.2) is 29.2 Å². The molecule has 1 aliphatic carbocycles. The molecule has 0 spiro atoms. The van der Waals surface area contributed by atoms with Crippen molar-refractivity contribution >= 4 is 33.7 Å². The van der Waals surface area contributed by atoms with Gasteiger partial charge in [0.05, 0.1) is 0 Å². The number of anilines is 1. The number of pyridine rings is 1. The number of hydrogen-bond acceptors (Lipinski definition) is 7. The van der Waals surface area contributed by atoms with Crippen molar-refractivity contribution in [3.8, 4) is 0 Å². The van der Waals surface area contributed by atoms with Gasteiger partial charge in [-0.05, 0) is 49.7 Å². The number of hydrogen-bond donors (Lipinski definition) is 2. The van der Waals surface area contributed by atoms with Crippen molar-refractivity contribution in [2.24, 2.45) is 0 Å². The van der Waals surface area contributed by atoms with E-state index < -0.39 is 0 Å². The largest absolute Gasteiger partial charge is 0.354 e. The normalized spacial score (nSPS) is 21.1. The van der Waals surface area contributed by atoms with Gasteiger partial charge in [-0.2, -0.15) is 4.98 Å². The van der Waals surface area contributed by atoms with Crippen molar-refractivity contribution in [3.63, 3.8) is 0 Å². The highest BCUT2D eigenvalue weighted by Crippen LogP contribution is 2.33. The summed E-state index contributed by atoms with van der Waals surface area (Å²) in [5.41, 5.74) is 1.82. The second kappa shape index (κ2) is 11.1. The predicted octanol–water partition coefficient (Wildman–Crippen LogP) is 3.13. The number of aromatic nitrogens is 3. The summed E-state index contributed by atoms with van der Waals surface area (Å²) in [4.78, 5) is 40.0. The smallest absolute Gasteiger partial charge is 0.260 e. The Bertz CT molecular complexity index is 1330. The topological polar surface area (TPSA) is 95.4 Å². The van der Waals surface area contributed by atoms with Crippen molar-refractivity contribution < 1.29 is 4.79 Å². The first-order chi connectivity index (χ1) is 17.9. The predicted molar refractivity (Wildman–Crippen MR) is 148 cm³/mol. The highest BCUT2D eigenvalue weighted by atomic mass is 16.1.